The van der Waals surface area contributed by atoms with Crippen LogP contribution in [0.4, 0.5) is 5.69 Å². The maximum atomic E-state index is 5.65. The number of aryl methyl sites for hydroxylation is 1. The Kier molecular flexibility index (Phi) is 4.47. The Hall–Kier alpha value is -1.94. The van der Waals surface area contributed by atoms with Crippen LogP contribution in [0.3, 0.4) is 0 Å². The van der Waals surface area contributed by atoms with Crippen molar-refractivity contribution in [1.29, 1.82) is 0 Å². The molecule has 1 heterocycles. The highest BCUT2D eigenvalue weighted by Crippen LogP contribution is 2.13. The molecule has 0 atom stereocenters. The zero-order valence-corrected chi connectivity index (χ0v) is 11.4. The minimum absolute atomic E-state index is 0.639. The van der Waals surface area contributed by atoms with Crippen molar-refractivity contribution in [3.8, 4) is 5.75 Å². The number of rotatable bonds is 6. The Morgan fingerprint density at radius 1 is 1.16 bits per heavy atom. The molecule has 0 bridgehead atoms. The first-order valence-corrected chi connectivity index (χ1v) is 6.35. The van der Waals surface area contributed by atoms with Crippen LogP contribution in [-0.2, 0) is 6.54 Å². The van der Waals surface area contributed by atoms with Gasteiger partial charge in [-0.1, -0.05) is 0 Å². The third-order valence-electron chi connectivity index (χ3n) is 2.84. The molecule has 0 fully saturated rings. The van der Waals surface area contributed by atoms with Crippen molar-refractivity contribution in [2.24, 2.45) is 0 Å². The first-order valence-electron chi connectivity index (χ1n) is 6.35. The average molecular weight is 260 g/mol. The first-order chi connectivity index (χ1) is 9.13. The SMILES string of the molecule is Cc1ccc(CN(C)CCOc2ccc(N)cc2)o1. The third kappa shape index (κ3) is 4.34. The summed E-state index contributed by atoms with van der Waals surface area (Å²) in [7, 11) is 2.05. The first kappa shape index (κ1) is 13.5. The highest BCUT2D eigenvalue weighted by molar-refractivity contribution is 5.41. The minimum Gasteiger partial charge on any atom is -0.492 e. The predicted molar refractivity (Wildman–Crippen MR) is 76.1 cm³/mol. The molecule has 0 unspecified atom stereocenters. The summed E-state index contributed by atoms with van der Waals surface area (Å²) in [5, 5.41) is 0. The Bertz CT molecular complexity index is 505. The van der Waals surface area contributed by atoms with E-state index in [9.17, 15) is 0 Å². The van der Waals surface area contributed by atoms with Crippen molar-refractivity contribution in [3.05, 3.63) is 47.9 Å². The van der Waals surface area contributed by atoms with Crippen molar-refractivity contribution in [2.75, 3.05) is 25.9 Å². The molecule has 2 rings (SSSR count). The molecule has 2 N–H and O–H groups in total. The van der Waals surface area contributed by atoms with Gasteiger partial charge in [0.1, 0.15) is 23.9 Å². The Morgan fingerprint density at radius 2 is 1.89 bits per heavy atom. The van der Waals surface area contributed by atoms with Gasteiger partial charge in [0.05, 0.1) is 6.54 Å². The molecule has 4 nitrogen and oxygen atoms in total. The summed E-state index contributed by atoms with van der Waals surface area (Å²) in [5.74, 6) is 2.77. The predicted octanol–water partition coefficient (Wildman–Crippen LogP) is 2.68. The molecule has 0 aliphatic carbocycles. The Morgan fingerprint density at radius 3 is 2.53 bits per heavy atom. The largest absolute Gasteiger partial charge is 0.492 e. The molecule has 0 aliphatic heterocycles. The van der Waals surface area contributed by atoms with Gasteiger partial charge in [0.15, 0.2) is 0 Å². The van der Waals surface area contributed by atoms with Gasteiger partial charge >= 0.3 is 0 Å². The number of benzene rings is 1. The van der Waals surface area contributed by atoms with E-state index in [2.05, 4.69) is 4.90 Å². The van der Waals surface area contributed by atoms with Gasteiger partial charge in [0.2, 0.25) is 0 Å². The van der Waals surface area contributed by atoms with Gasteiger partial charge in [-0.25, -0.2) is 0 Å². The van der Waals surface area contributed by atoms with Crippen LogP contribution in [-0.4, -0.2) is 25.1 Å². The molecule has 19 heavy (non-hydrogen) atoms. The zero-order valence-electron chi connectivity index (χ0n) is 11.4. The molecule has 2 aromatic rings. The van der Waals surface area contributed by atoms with Crippen LogP contribution in [0.25, 0.3) is 0 Å². The van der Waals surface area contributed by atoms with Crippen LogP contribution in [0, 0.1) is 6.92 Å². The molecule has 0 aliphatic rings. The van der Waals surface area contributed by atoms with Crippen molar-refractivity contribution in [3.63, 3.8) is 0 Å². The average Bonchev–Trinajstić information content (AvgIpc) is 2.77. The normalized spacial score (nSPS) is 10.9. The Labute approximate surface area is 113 Å². The molecule has 1 aromatic carbocycles. The summed E-state index contributed by atoms with van der Waals surface area (Å²) in [5.41, 5.74) is 6.37. The smallest absolute Gasteiger partial charge is 0.119 e. The highest BCUT2D eigenvalue weighted by Gasteiger charge is 2.04. The van der Waals surface area contributed by atoms with E-state index >= 15 is 0 Å². The van der Waals surface area contributed by atoms with Gasteiger partial charge in [0, 0.05) is 12.2 Å². The monoisotopic (exact) mass is 260 g/mol. The van der Waals surface area contributed by atoms with E-state index in [4.69, 9.17) is 14.9 Å². The van der Waals surface area contributed by atoms with Crippen LogP contribution in [0.2, 0.25) is 0 Å². The molecular weight excluding hydrogens is 240 g/mol. The molecule has 0 saturated heterocycles. The second-order valence-electron chi connectivity index (χ2n) is 4.67. The van der Waals surface area contributed by atoms with Gasteiger partial charge in [-0.15, -0.1) is 0 Å². The van der Waals surface area contributed by atoms with Crippen molar-refractivity contribution >= 4 is 5.69 Å². The van der Waals surface area contributed by atoms with E-state index in [0.29, 0.717) is 6.61 Å². The fraction of sp³-hybridized carbons (Fsp3) is 0.333. The fourth-order valence-corrected chi connectivity index (χ4v) is 1.80. The van der Waals surface area contributed by atoms with Gasteiger partial charge in [0.25, 0.3) is 0 Å². The number of likely N-dealkylation sites (N-methyl/N-ethyl adjacent to an activating group) is 1. The molecule has 0 radical (unpaired) electrons. The number of furan rings is 1. The standard InChI is InChI=1S/C15H20N2O2/c1-12-3-6-15(19-12)11-17(2)9-10-18-14-7-4-13(16)5-8-14/h3-8H,9-11,16H2,1-2H3. The molecule has 102 valence electrons. The number of nitrogens with two attached hydrogens (primary N) is 1. The number of ether oxygens (including phenoxy) is 1. The van der Waals surface area contributed by atoms with Gasteiger partial charge in [-0.05, 0) is 50.4 Å². The van der Waals surface area contributed by atoms with Gasteiger partial charge in [-0.2, -0.15) is 0 Å². The zero-order chi connectivity index (χ0) is 13.7. The number of anilines is 1. The van der Waals surface area contributed by atoms with Crippen molar-refractivity contribution in [1.82, 2.24) is 4.90 Å². The lowest BCUT2D eigenvalue weighted by Gasteiger charge is -2.15. The lowest BCUT2D eigenvalue weighted by Crippen LogP contribution is -2.23. The van der Waals surface area contributed by atoms with Crippen molar-refractivity contribution in [2.45, 2.75) is 13.5 Å². The lowest BCUT2D eigenvalue weighted by molar-refractivity contribution is 0.221. The summed E-state index contributed by atoms with van der Waals surface area (Å²) >= 11 is 0. The minimum atomic E-state index is 0.639. The van der Waals surface area contributed by atoms with E-state index in [1.807, 2.05) is 50.4 Å². The summed E-state index contributed by atoms with van der Waals surface area (Å²) in [6.45, 7) is 4.22. The van der Waals surface area contributed by atoms with E-state index in [-0.39, 0.29) is 0 Å². The quantitative estimate of drug-likeness (QED) is 0.811. The molecule has 0 spiro atoms. The van der Waals surface area contributed by atoms with Crippen LogP contribution >= 0.6 is 0 Å². The number of nitrogens with zero attached hydrogens (tertiary/aromatic N) is 1. The highest BCUT2D eigenvalue weighted by atomic mass is 16.5. The van der Waals surface area contributed by atoms with Gasteiger partial charge in [-0.3, -0.25) is 4.90 Å². The van der Waals surface area contributed by atoms with Crippen molar-refractivity contribution < 1.29 is 9.15 Å². The third-order valence-corrected chi connectivity index (χ3v) is 2.84. The Balaban J connectivity index is 1.71. The summed E-state index contributed by atoms with van der Waals surface area (Å²) in [6.07, 6.45) is 0. The number of nitrogen functional groups attached to an aromatic ring is 1. The molecule has 0 saturated carbocycles. The van der Waals surface area contributed by atoms with Crippen LogP contribution in [0.15, 0.2) is 40.8 Å². The topological polar surface area (TPSA) is 51.6 Å². The second kappa shape index (κ2) is 6.29. The van der Waals surface area contributed by atoms with E-state index < -0.39 is 0 Å². The maximum Gasteiger partial charge on any atom is 0.119 e. The van der Waals surface area contributed by atoms with E-state index in [0.717, 1.165) is 36.0 Å². The second-order valence-corrected chi connectivity index (χ2v) is 4.67. The van der Waals surface area contributed by atoms with Crippen LogP contribution in [0.1, 0.15) is 11.5 Å². The molecule has 4 heteroatoms. The summed E-state index contributed by atoms with van der Waals surface area (Å²) in [6, 6.07) is 11.4. The lowest BCUT2D eigenvalue weighted by atomic mass is 10.3. The fourth-order valence-electron chi connectivity index (χ4n) is 1.80. The van der Waals surface area contributed by atoms with Crippen LogP contribution < -0.4 is 10.5 Å². The maximum absolute atomic E-state index is 5.65. The molecular formula is C15H20N2O2. The van der Waals surface area contributed by atoms with E-state index in [1.54, 1.807) is 0 Å². The van der Waals surface area contributed by atoms with Crippen LogP contribution in [0.5, 0.6) is 5.75 Å². The van der Waals surface area contributed by atoms with Gasteiger partial charge < -0.3 is 14.9 Å². The molecule has 0 amide bonds. The molecule has 1 aromatic heterocycles. The summed E-state index contributed by atoms with van der Waals surface area (Å²) < 4.78 is 11.2. The number of hydrogen-bond acceptors (Lipinski definition) is 4. The van der Waals surface area contributed by atoms with E-state index in [1.165, 1.54) is 0 Å². The summed E-state index contributed by atoms with van der Waals surface area (Å²) in [4.78, 5) is 2.16. The number of hydrogen-bond donors (Lipinski definition) is 1.